The molecule has 1 heterocycles. The number of hydrogen-bond acceptors (Lipinski definition) is 4. The van der Waals surface area contributed by atoms with Crippen molar-refractivity contribution in [2.24, 2.45) is 5.92 Å². The van der Waals surface area contributed by atoms with Gasteiger partial charge in [0, 0.05) is 19.8 Å². The van der Waals surface area contributed by atoms with Gasteiger partial charge in [-0.25, -0.2) is 13.2 Å². The Hall–Kier alpha value is -1.89. The maximum atomic E-state index is 12.2. The molecule has 0 aromatic heterocycles. The number of amides is 3. The van der Waals surface area contributed by atoms with E-state index in [2.05, 4.69) is 0 Å². The molecule has 1 saturated heterocycles. The molecule has 1 aromatic carbocycles. The number of imide groups is 1. The molecule has 7 heteroatoms. The van der Waals surface area contributed by atoms with Crippen LogP contribution in [0.1, 0.15) is 22.8 Å². The van der Waals surface area contributed by atoms with Gasteiger partial charge in [0.15, 0.2) is 9.84 Å². The standard InChI is InChI=1S/C16H20N2O4S/c1-17-10-15(19)18(16(17)20)9-11-7-12-5-3-4-6-13(12)14(8-11)23(2,21)22/h3-6,11,14H,7-10H2,1-2H3/t11-,14?/m1/s1. The van der Waals surface area contributed by atoms with Gasteiger partial charge in [0.2, 0.25) is 5.91 Å². The van der Waals surface area contributed by atoms with Crippen LogP contribution in [0.2, 0.25) is 0 Å². The number of hydrogen-bond donors (Lipinski definition) is 0. The summed E-state index contributed by atoms with van der Waals surface area (Å²) in [6, 6.07) is 7.22. The second-order valence-corrected chi connectivity index (χ2v) is 8.69. The average Bonchev–Trinajstić information content (AvgIpc) is 2.72. The van der Waals surface area contributed by atoms with Gasteiger partial charge in [-0.3, -0.25) is 9.69 Å². The van der Waals surface area contributed by atoms with Crippen molar-refractivity contribution in [2.75, 3.05) is 26.4 Å². The van der Waals surface area contributed by atoms with E-state index in [0.29, 0.717) is 12.8 Å². The van der Waals surface area contributed by atoms with Crippen molar-refractivity contribution >= 4 is 21.8 Å². The molecule has 3 rings (SSSR count). The lowest BCUT2D eigenvalue weighted by Gasteiger charge is -2.32. The number of urea groups is 1. The molecule has 1 aromatic rings. The quantitative estimate of drug-likeness (QED) is 0.778. The zero-order valence-corrected chi connectivity index (χ0v) is 14.0. The SMILES string of the molecule is CN1CC(=O)N(C[C@@H]2Cc3ccccc3C(S(C)(=O)=O)C2)C1=O. The summed E-state index contributed by atoms with van der Waals surface area (Å²) >= 11 is 0. The number of sulfone groups is 1. The maximum Gasteiger partial charge on any atom is 0.326 e. The normalized spacial score (nSPS) is 25.0. The van der Waals surface area contributed by atoms with Gasteiger partial charge in [0.25, 0.3) is 0 Å². The highest BCUT2D eigenvalue weighted by molar-refractivity contribution is 7.90. The monoisotopic (exact) mass is 336 g/mol. The van der Waals surface area contributed by atoms with E-state index in [-0.39, 0.29) is 30.9 Å². The first-order valence-electron chi connectivity index (χ1n) is 7.59. The third-order valence-electron chi connectivity index (χ3n) is 4.65. The average molecular weight is 336 g/mol. The second kappa shape index (κ2) is 5.63. The molecule has 1 fully saturated rings. The third-order valence-corrected chi connectivity index (χ3v) is 6.13. The lowest BCUT2D eigenvalue weighted by molar-refractivity contribution is -0.125. The predicted octanol–water partition coefficient (Wildman–Crippen LogP) is 1.23. The van der Waals surface area contributed by atoms with Crippen LogP contribution in [0, 0.1) is 5.92 Å². The summed E-state index contributed by atoms with van der Waals surface area (Å²) in [5, 5.41) is -0.567. The van der Waals surface area contributed by atoms with Crippen molar-refractivity contribution in [2.45, 2.75) is 18.1 Å². The highest BCUT2D eigenvalue weighted by atomic mass is 32.2. The number of likely N-dealkylation sites (N-methyl/N-ethyl adjacent to an activating group) is 1. The van der Waals surface area contributed by atoms with Crippen LogP contribution in [0.15, 0.2) is 24.3 Å². The van der Waals surface area contributed by atoms with E-state index >= 15 is 0 Å². The number of fused-ring (bicyclic) bond motifs is 1. The Balaban J connectivity index is 1.86. The smallest absolute Gasteiger partial charge is 0.318 e. The van der Waals surface area contributed by atoms with Crippen molar-refractivity contribution in [1.29, 1.82) is 0 Å². The highest BCUT2D eigenvalue weighted by Crippen LogP contribution is 2.38. The van der Waals surface area contributed by atoms with E-state index in [1.54, 1.807) is 7.05 Å². The molecule has 0 saturated carbocycles. The largest absolute Gasteiger partial charge is 0.326 e. The molecule has 0 N–H and O–H groups in total. The first-order valence-corrected chi connectivity index (χ1v) is 9.55. The summed E-state index contributed by atoms with van der Waals surface area (Å²) in [5.41, 5.74) is 1.84. The van der Waals surface area contributed by atoms with Crippen molar-refractivity contribution < 1.29 is 18.0 Å². The van der Waals surface area contributed by atoms with E-state index in [1.165, 1.54) is 16.1 Å². The Labute approximate surface area is 136 Å². The zero-order chi connectivity index (χ0) is 16.8. The fraction of sp³-hybridized carbons (Fsp3) is 0.500. The summed E-state index contributed by atoms with van der Waals surface area (Å²) in [5.74, 6) is -0.253. The van der Waals surface area contributed by atoms with Gasteiger partial charge in [0.1, 0.15) is 6.54 Å². The van der Waals surface area contributed by atoms with E-state index in [9.17, 15) is 18.0 Å². The summed E-state index contributed by atoms with van der Waals surface area (Å²) in [7, 11) is -1.65. The molecule has 23 heavy (non-hydrogen) atoms. The first-order chi connectivity index (χ1) is 10.8. The molecule has 0 spiro atoms. The van der Waals surface area contributed by atoms with Crippen LogP contribution in [-0.4, -0.2) is 56.5 Å². The molecular formula is C16H20N2O4S. The van der Waals surface area contributed by atoms with Gasteiger partial charge in [-0.15, -0.1) is 0 Å². The van der Waals surface area contributed by atoms with Gasteiger partial charge in [0.05, 0.1) is 5.25 Å². The molecule has 124 valence electrons. The van der Waals surface area contributed by atoms with Gasteiger partial charge in [-0.1, -0.05) is 24.3 Å². The molecule has 1 aliphatic carbocycles. The van der Waals surface area contributed by atoms with E-state index in [0.717, 1.165) is 11.1 Å². The van der Waals surface area contributed by atoms with E-state index in [1.807, 2.05) is 24.3 Å². The van der Waals surface area contributed by atoms with Crippen molar-refractivity contribution in [3.05, 3.63) is 35.4 Å². The predicted molar refractivity (Wildman–Crippen MR) is 85.6 cm³/mol. The minimum absolute atomic E-state index is 0.0379. The van der Waals surface area contributed by atoms with Crippen molar-refractivity contribution in [1.82, 2.24) is 9.80 Å². The molecule has 6 nitrogen and oxygen atoms in total. The number of carbonyl (C=O) groups excluding carboxylic acids is 2. The summed E-state index contributed by atoms with van der Waals surface area (Å²) in [6.45, 7) is 0.375. The lowest BCUT2D eigenvalue weighted by atomic mass is 9.83. The number of nitrogens with zero attached hydrogens (tertiary/aromatic N) is 2. The second-order valence-electron chi connectivity index (χ2n) is 6.47. The van der Waals surface area contributed by atoms with Crippen LogP contribution in [0.5, 0.6) is 0 Å². The molecule has 3 amide bonds. The first kappa shape index (κ1) is 16.0. The maximum absolute atomic E-state index is 12.2. The van der Waals surface area contributed by atoms with Crippen LogP contribution in [0.4, 0.5) is 4.79 Å². The molecule has 0 radical (unpaired) electrons. The fourth-order valence-corrected chi connectivity index (χ4v) is 4.82. The van der Waals surface area contributed by atoms with Crippen LogP contribution in [-0.2, 0) is 21.1 Å². The Bertz CT molecular complexity index is 759. The van der Waals surface area contributed by atoms with E-state index in [4.69, 9.17) is 0 Å². The molecule has 1 unspecified atom stereocenters. The van der Waals surface area contributed by atoms with Crippen LogP contribution in [0.3, 0.4) is 0 Å². The van der Waals surface area contributed by atoms with Gasteiger partial charge < -0.3 is 4.90 Å². The number of carbonyl (C=O) groups is 2. The lowest BCUT2D eigenvalue weighted by Crippen LogP contribution is -2.38. The van der Waals surface area contributed by atoms with Gasteiger partial charge >= 0.3 is 6.03 Å². The summed E-state index contributed by atoms with van der Waals surface area (Å²) in [4.78, 5) is 26.6. The van der Waals surface area contributed by atoms with Gasteiger partial charge in [-0.05, 0) is 29.9 Å². The Kier molecular flexibility index (Phi) is 3.91. The molecule has 2 atom stereocenters. The fourth-order valence-electron chi connectivity index (χ4n) is 3.51. The Morgan fingerprint density at radius 1 is 1.22 bits per heavy atom. The van der Waals surface area contributed by atoms with E-state index < -0.39 is 15.1 Å². The minimum Gasteiger partial charge on any atom is -0.318 e. The highest BCUT2D eigenvalue weighted by Gasteiger charge is 2.38. The zero-order valence-electron chi connectivity index (χ0n) is 13.2. The summed E-state index contributed by atoms with van der Waals surface area (Å²) in [6.07, 6.45) is 2.37. The topological polar surface area (TPSA) is 74.8 Å². The van der Waals surface area contributed by atoms with Crippen LogP contribution in [0.25, 0.3) is 0 Å². The Morgan fingerprint density at radius 2 is 1.91 bits per heavy atom. The molecule has 2 aliphatic rings. The van der Waals surface area contributed by atoms with Crippen molar-refractivity contribution in [3.63, 3.8) is 0 Å². The third kappa shape index (κ3) is 2.97. The summed E-state index contributed by atoms with van der Waals surface area (Å²) < 4.78 is 24.3. The number of rotatable bonds is 3. The Morgan fingerprint density at radius 3 is 2.52 bits per heavy atom. The van der Waals surface area contributed by atoms with Crippen LogP contribution >= 0.6 is 0 Å². The molecular weight excluding hydrogens is 316 g/mol. The van der Waals surface area contributed by atoms with Crippen molar-refractivity contribution in [3.8, 4) is 0 Å². The van der Waals surface area contributed by atoms with Gasteiger partial charge in [-0.2, -0.15) is 0 Å². The molecule has 1 aliphatic heterocycles. The number of benzene rings is 1. The minimum atomic E-state index is -3.24. The molecule has 0 bridgehead atoms. The van der Waals surface area contributed by atoms with Crippen LogP contribution < -0.4 is 0 Å².